The number of amides is 2. The van der Waals surface area contributed by atoms with Gasteiger partial charge in [0.15, 0.2) is 5.76 Å². The Morgan fingerprint density at radius 1 is 1.17 bits per heavy atom. The number of nitrogens with zero attached hydrogens (tertiary/aromatic N) is 2. The molecule has 0 spiro atoms. The van der Waals surface area contributed by atoms with Gasteiger partial charge in [-0.3, -0.25) is 9.59 Å². The summed E-state index contributed by atoms with van der Waals surface area (Å²) in [6.07, 6.45) is 3.05. The second kappa shape index (κ2) is 8.92. The van der Waals surface area contributed by atoms with Crippen LogP contribution < -0.4 is 0 Å². The van der Waals surface area contributed by atoms with Gasteiger partial charge >= 0.3 is 0 Å². The summed E-state index contributed by atoms with van der Waals surface area (Å²) in [5, 5.41) is 0. The van der Waals surface area contributed by atoms with Gasteiger partial charge in [-0.2, -0.15) is 0 Å². The topological polar surface area (TPSA) is 66.9 Å². The highest BCUT2D eigenvalue weighted by Crippen LogP contribution is 2.26. The van der Waals surface area contributed by atoms with Crippen molar-refractivity contribution in [2.24, 2.45) is 5.92 Å². The van der Waals surface area contributed by atoms with E-state index >= 15 is 0 Å². The van der Waals surface area contributed by atoms with Gasteiger partial charge < -0.3 is 18.6 Å². The van der Waals surface area contributed by atoms with Gasteiger partial charge in [0.05, 0.1) is 18.7 Å². The molecule has 3 heterocycles. The van der Waals surface area contributed by atoms with Crippen LogP contribution in [-0.2, 0) is 11.3 Å². The number of carbonyl (C=O) groups excluding carboxylic acids is 2. The Balaban J connectivity index is 1.37. The average molecular weight is 471 g/mol. The van der Waals surface area contributed by atoms with Crippen molar-refractivity contribution in [2.75, 3.05) is 20.1 Å². The maximum atomic E-state index is 13.0. The van der Waals surface area contributed by atoms with Gasteiger partial charge in [0, 0.05) is 30.2 Å². The summed E-state index contributed by atoms with van der Waals surface area (Å²) >= 11 is 3.43. The van der Waals surface area contributed by atoms with Crippen LogP contribution in [0, 0.1) is 5.92 Å². The molecule has 6 nitrogen and oxygen atoms in total. The number of halogens is 1. The summed E-state index contributed by atoms with van der Waals surface area (Å²) in [5.41, 5.74) is 0.984. The van der Waals surface area contributed by atoms with Crippen molar-refractivity contribution in [1.82, 2.24) is 9.80 Å². The predicted octanol–water partition coefficient (Wildman–Crippen LogP) is 4.81. The van der Waals surface area contributed by atoms with Gasteiger partial charge in [-0.25, -0.2) is 0 Å². The molecule has 1 unspecified atom stereocenters. The molecule has 0 bridgehead atoms. The molecular formula is C23H23BrN2O4. The van der Waals surface area contributed by atoms with E-state index in [-0.39, 0.29) is 17.7 Å². The van der Waals surface area contributed by atoms with Crippen LogP contribution in [0.3, 0.4) is 0 Å². The van der Waals surface area contributed by atoms with E-state index in [2.05, 4.69) is 15.9 Å². The highest BCUT2D eigenvalue weighted by molar-refractivity contribution is 9.10. The number of benzene rings is 1. The van der Waals surface area contributed by atoms with Crippen molar-refractivity contribution < 1.29 is 18.4 Å². The maximum absolute atomic E-state index is 13.0. The summed E-state index contributed by atoms with van der Waals surface area (Å²) in [5.74, 6) is 1.45. The fourth-order valence-electron chi connectivity index (χ4n) is 3.77. The average Bonchev–Trinajstić information content (AvgIpc) is 3.46. The van der Waals surface area contributed by atoms with Crippen LogP contribution >= 0.6 is 15.9 Å². The standard InChI is InChI=1S/C23H23BrN2O4/c1-25(15-19-10-11-20(30-19)16-6-8-18(24)9-7-16)22(27)17-4-2-12-26(14-17)23(28)21-5-3-13-29-21/h3,5-11,13,17H,2,4,12,14-15H2,1H3. The molecule has 3 aromatic rings. The van der Waals surface area contributed by atoms with Gasteiger partial charge in [-0.15, -0.1) is 0 Å². The zero-order chi connectivity index (χ0) is 21.1. The number of hydrogen-bond donors (Lipinski definition) is 0. The molecule has 0 saturated carbocycles. The third-order valence-corrected chi connectivity index (χ3v) is 5.88. The largest absolute Gasteiger partial charge is 0.459 e. The van der Waals surface area contributed by atoms with Crippen LogP contribution in [0.1, 0.15) is 29.2 Å². The first-order chi connectivity index (χ1) is 14.5. The van der Waals surface area contributed by atoms with Crippen LogP contribution in [0.4, 0.5) is 0 Å². The van der Waals surface area contributed by atoms with Gasteiger partial charge in [0.25, 0.3) is 5.91 Å². The number of furan rings is 2. The maximum Gasteiger partial charge on any atom is 0.289 e. The summed E-state index contributed by atoms with van der Waals surface area (Å²) in [4.78, 5) is 28.9. The monoisotopic (exact) mass is 470 g/mol. The van der Waals surface area contributed by atoms with Crippen molar-refractivity contribution in [1.29, 1.82) is 0 Å². The van der Waals surface area contributed by atoms with E-state index < -0.39 is 0 Å². The van der Waals surface area contributed by atoms with Crippen molar-refractivity contribution in [2.45, 2.75) is 19.4 Å². The van der Waals surface area contributed by atoms with Crippen LogP contribution in [0.15, 0.2) is 68.1 Å². The lowest BCUT2D eigenvalue weighted by molar-refractivity contribution is -0.136. The van der Waals surface area contributed by atoms with Crippen LogP contribution in [-0.4, -0.2) is 41.8 Å². The first kappa shape index (κ1) is 20.5. The third kappa shape index (κ3) is 4.51. The van der Waals surface area contributed by atoms with Crippen LogP contribution in [0.25, 0.3) is 11.3 Å². The molecule has 30 heavy (non-hydrogen) atoms. The molecule has 1 aliphatic heterocycles. The fourth-order valence-corrected chi connectivity index (χ4v) is 4.04. The van der Waals surface area contributed by atoms with Crippen LogP contribution in [0.2, 0.25) is 0 Å². The fraction of sp³-hybridized carbons (Fsp3) is 0.304. The molecule has 2 aromatic heterocycles. The van der Waals surface area contributed by atoms with Crippen LogP contribution in [0.5, 0.6) is 0 Å². The number of piperidine rings is 1. The Bertz CT molecular complexity index is 1010. The minimum absolute atomic E-state index is 0.0218. The Kier molecular flexibility index (Phi) is 6.08. The number of hydrogen-bond acceptors (Lipinski definition) is 4. The molecule has 4 rings (SSSR count). The van der Waals surface area contributed by atoms with Crippen molar-refractivity contribution in [3.8, 4) is 11.3 Å². The zero-order valence-electron chi connectivity index (χ0n) is 16.7. The van der Waals surface area contributed by atoms with Gasteiger partial charge in [0.2, 0.25) is 5.91 Å². The van der Waals surface area contributed by atoms with E-state index in [0.29, 0.717) is 25.4 Å². The lowest BCUT2D eigenvalue weighted by atomic mass is 9.96. The molecule has 7 heteroatoms. The summed E-state index contributed by atoms with van der Waals surface area (Å²) in [7, 11) is 1.78. The highest BCUT2D eigenvalue weighted by atomic mass is 79.9. The number of carbonyl (C=O) groups is 2. The zero-order valence-corrected chi connectivity index (χ0v) is 18.3. The lowest BCUT2D eigenvalue weighted by Crippen LogP contribution is -2.45. The first-order valence-corrected chi connectivity index (χ1v) is 10.7. The Morgan fingerprint density at radius 3 is 2.70 bits per heavy atom. The molecule has 1 atom stereocenters. The quantitative estimate of drug-likeness (QED) is 0.536. The smallest absolute Gasteiger partial charge is 0.289 e. The van der Waals surface area contributed by atoms with Crippen molar-refractivity contribution in [3.63, 3.8) is 0 Å². The predicted molar refractivity (Wildman–Crippen MR) is 116 cm³/mol. The van der Waals surface area contributed by atoms with E-state index in [1.54, 1.807) is 29.0 Å². The van der Waals surface area contributed by atoms with E-state index in [1.807, 2.05) is 36.4 Å². The highest BCUT2D eigenvalue weighted by Gasteiger charge is 2.31. The number of likely N-dealkylation sites (tertiary alicyclic amines) is 1. The molecule has 1 aromatic carbocycles. The normalized spacial score (nSPS) is 16.5. The summed E-state index contributed by atoms with van der Waals surface area (Å²) in [6.45, 7) is 1.44. The Hall–Kier alpha value is -2.80. The van der Waals surface area contributed by atoms with E-state index in [9.17, 15) is 9.59 Å². The molecule has 2 amide bonds. The molecule has 1 aliphatic rings. The molecule has 156 valence electrons. The molecular weight excluding hydrogens is 448 g/mol. The van der Waals surface area contributed by atoms with Gasteiger partial charge in [0.1, 0.15) is 11.5 Å². The third-order valence-electron chi connectivity index (χ3n) is 5.35. The van der Waals surface area contributed by atoms with Gasteiger partial charge in [-0.05, 0) is 49.2 Å². The van der Waals surface area contributed by atoms with Gasteiger partial charge in [-0.1, -0.05) is 28.1 Å². The summed E-state index contributed by atoms with van der Waals surface area (Å²) in [6, 6.07) is 15.1. The molecule has 1 fully saturated rings. The second-order valence-electron chi connectivity index (χ2n) is 7.53. The summed E-state index contributed by atoms with van der Waals surface area (Å²) < 4.78 is 12.2. The van der Waals surface area contributed by atoms with E-state index in [0.717, 1.165) is 34.4 Å². The number of rotatable bonds is 5. The molecule has 0 N–H and O–H groups in total. The Morgan fingerprint density at radius 2 is 1.97 bits per heavy atom. The minimum atomic E-state index is -0.219. The van der Waals surface area contributed by atoms with Crippen molar-refractivity contribution in [3.05, 3.63) is 70.8 Å². The Labute approximate surface area is 183 Å². The molecule has 1 saturated heterocycles. The first-order valence-electron chi connectivity index (χ1n) is 9.93. The minimum Gasteiger partial charge on any atom is -0.459 e. The van der Waals surface area contributed by atoms with Crippen molar-refractivity contribution >= 4 is 27.7 Å². The SMILES string of the molecule is CN(Cc1ccc(-c2ccc(Br)cc2)o1)C(=O)C1CCCN(C(=O)c2ccco2)C1. The molecule has 0 aliphatic carbocycles. The second-order valence-corrected chi connectivity index (χ2v) is 8.45. The lowest BCUT2D eigenvalue weighted by Gasteiger charge is -2.33. The van der Waals surface area contributed by atoms with E-state index in [4.69, 9.17) is 8.83 Å². The van der Waals surface area contributed by atoms with E-state index in [1.165, 1.54) is 6.26 Å². The molecule has 0 radical (unpaired) electrons.